The van der Waals surface area contributed by atoms with Crippen molar-refractivity contribution < 1.29 is 23.4 Å². The van der Waals surface area contributed by atoms with Gasteiger partial charge in [-0.05, 0) is 52.6 Å². The van der Waals surface area contributed by atoms with Crippen LogP contribution in [0.25, 0.3) is 22.6 Å². The van der Waals surface area contributed by atoms with E-state index in [2.05, 4.69) is 20.5 Å². The van der Waals surface area contributed by atoms with Crippen LogP contribution < -0.4 is 5.73 Å². The Morgan fingerprint density at radius 1 is 1.29 bits per heavy atom. The average Bonchev–Trinajstić information content (AvgIpc) is 3.53. The van der Waals surface area contributed by atoms with Crippen molar-refractivity contribution >= 4 is 17.5 Å². The van der Waals surface area contributed by atoms with Crippen LogP contribution in [-0.4, -0.2) is 67.1 Å². The molecule has 1 saturated heterocycles. The lowest BCUT2D eigenvalue weighted by molar-refractivity contribution is 0.110. The lowest BCUT2D eigenvalue weighted by Gasteiger charge is -2.35. The molecule has 34 heavy (non-hydrogen) atoms. The maximum absolute atomic E-state index is 14.4. The predicted molar refractivity (Wildman–Crippen MR) is 117 cm³/mol. The van der Waals surface area contributed by atoms with Crippen LogP contribution in [-0.2, 0) is 4.74 Å². The van der Waals surface area contributed by atoms with Crippen molar-refractivity contribution in [2.45, 2.75) is 18.9 Å². The minimum absolute atomic E-state index is 0.0656. The molecule has 2 unspecified atom stereocenters. The molecule has 2 aromatic heterocycles. The summed E-state index contributed by atoms with van der Waals surface area (Å²) in [6.45, 7) is 1.43. The Bertz CT molecular complexity index is 1270. The Hall–Kier alpha value is -3.93. The van der Waals surface area contributed by atoms with Gasteiger partial charge in [-0.1, -0.05) is 12.1 Å². The van der Waals surface area contributed by atoms with Gasteiger partial charge in [0.2, 0.25) is 0 Å². The van der Waals surface area contributed by atoms with E-state index in [4.69, 9.17) is 10.5 Å². The van der Waals surface area contributed by atoms with E-state index in [1.54, 1.807) is 12.3 Å². The van der Waals surface area contributed by atoms with Gasteiger partial charge in [-0.2, -0.15) is 4.68 Å². The summed E-state index contributed by atoms with van der Waals surface area (Å²) in [6.07, 6.45) is 3.81. The summed E-state index contributed by atoms with van der Waals surface area (Å²) >= 11 is 0. The van der Waals surface area contributed by atoms with Crippen molar-refractivity contribution in [1.29, 1.82) is 0 Å². The van der Waals surface area contributed by atoms with Crippen LogP contribution in [0.15, 0.2) is 36.5 Å². The molecule has 1 aromatic carbocycles. The highest BCUT2D eigenvalue weighted by atomic mass is 19.2. The first-order valence-corrected chi connectivity index (χ1v) is 10.7. The highest BCUT2D eigenvalue weighted by Crippen LogP contribution is 2.34. The highest BCUT2D eigenvalue weighted by molar-refractivity contribution is 5.77. The van der Waals surface area contributed by atoms with E-state index in [1.165, 1.54) is 17.0 Å². The summed E-state index contributed by atoms with van der Waals surface area (Å²) in [5, 5.41) is 21.0. The number of benzene rings is 1. The number of pyridine rings is 1. The molecule has 1 amide bonds. The fourth-order valence-corrected chi connectivity index (χ4v) is 4.45. The average molecular weight is 469 g/mol. The normalized spacial score (nSPS) is 20.4. The molecule has 1 fully saturated rings. The molecular formula is C22H21F2N7O3. The van der Waals surface area contributed by atoms with Gasteiger partial charge in [-0.15, -0.1) is 5.10 Å². The fourth-order valence-electron chi connectivity index (χ4n) is 4.45. The van der Waals surface area contributed by atoms with Gasteiger partial charge in [0.05, 0.1) is 18.2 Å². The number of carboxylic acid groups (broad SMARTS) is 1. The third kappa shape index (κ3) is 3.85. The number of halogens is 2. The van der Waals surface area contributed by atoms with E-state index < -0.39 is 17.7 Å². The number of nitrogens with two attached hydrogens (primary N) is 1. The molecule has 0 aliphatic carbocycles. The van der Waals surface area contributed by atoms with Gasteiger partial charge in [0.25, 0.3) is 0 Å². The van der Waals surface area contributed by atoms with Crippen molar-refractivity contribution in [1.82, 2.24) is 30.1 Å². The lowest BCUT2D eigenvalue weighted by Crippen LogP contribution is -2.45. The van der Waals surface area contributed by atoms with E-state index >= 15 is 0 Å². The van der Waals surface area contributed by atoms with Crippen LogP contribution in [0.3, 0.4) is 0 Å². The molecule has 0 bridgehead atoms. The molecule has 2 aliphatic rings. The van der Waals surface area contributed by atoms with Crippen LogP contribution in [0.5, 0.6) is 0 Å². The first-order valence-electron chi connectivity index (χ1n) is 10.7. The van der Waals surface area contributed by atoms with Gasteiger partial charge in [0, 0.05) is 25.3 Å². The van der Waals surface area contributed by atoms with E-state index in [0.717, 1.165) is 22.7 Å². The van der Waals surface area contributed by atoms with Crippen molar-refractivity contribution in [3.8, 4) is 17.1 Å². The molecule has 0 saturated carbocycles. The molecule has 12 heteroatoms. The minimum Gasteiger partial charge on any atom is -0.465 e. The Balaban J connectivity index is 1.55. The van der Waals surface area contributed by atoms with Crippen molar-refractivity contribution in [3.05, 3.63) is 53.7 Å². The Labute approximate surface area is 192 Å². The summed E-state index contributed by atoms with van der Waals surface area (Å²) in [7, 11) is 0. The number of rotatable bonds is 4. The Kier molecular flexibility index (Phi) is 5.65. The van der Waals surface area contributed by atoms with E-state index in [-0.39, 0.29) is 29.3 Å². The number of anilines is 1. The zero-order chi connectivity index (χ0) is 23.8. The number of nitrogens with zero attached hydrogens (tertiary/aromatic N) is 6. The maximum Gasteiger partial charge on any atom is 0.407 e. The standard InChI is InChI=1S/C22H21F2N7O3/c23-16-2-1-3-17(19(16)24)31-21(27-28-29-31)15-8-14(10-26-20(15)25)12-4-6-30(22(32)33)18(9-12)13-5-7-34-11-13/h1-3,8-10,13,18H,4-7,11H2,(H2,25,26)(H,32,33). The number of tetrazole rings is 1. The van der Waals surface area contributed by atoms with Crippen molar-refractivity contribution in [2.24, 2.45) is 5.92 Å². The third-order valence-electron chi connectivity index (χ3n) is 6.21. The zero-order valence-electron chi connectivity index (χ0n) is 17.9. The first kappa shape index (κ1) is 21.9. The Morgan fingerprint density at radius 2 is 2.15 bits per heavy atom. The first-order chi connectivity index (χ1) is 16.4. The minimum atomic E-state index is -1.09. The van der Waals surface area contributed by atoms with Gasteiger partial charge < -0.3 is 20.5 Å². The molecule has 0 radical (unpaired) electrons. The quantitative estimate of drug-likeness (QED) is 0.596. The number of aromatic nitrogens is 5. The smallest absolute Gasteiger partial charge is 0.407 e. The largest absolute Gasteiger partial charge is 0.465 e. The molecule has 3 N–H and O–H groups in total. The molecule has 2 aliphatic heterocycles. The van der Waals surface area contributed by atoms with E-state index in [9.17, 15) is 18.7 Å². The molecule has 2 atom stereocenters. The second kappa shape index (κ2) is 8.78. The molecule has 5 rings (SSSR count). The van der Waals surface area contributed by atoms with Crippen LogP contribution in [0, 0.1) is 17.6 Å². The van der Waals surface area contributed by atoms with Crippen molar-refractivity contribution in [3.63, 3.8) is 0 Å². The van der Waals surface area contributed by atoms with Gasteiger partial charge in [0.15, 0.2) is 17.5 Å². The fraction of sp³-hybridized carbons (Fsp3) is 0.318. The maximum atomic E-state index is 14.4. The summed E-state index contributed by atoms with van der Waals surface area (Å²) in [6, 6.07) is 5.11. The number of hydrogen-bond donors (Lipinski definition) is 2. The highest BCUT2D eigenvalue weighted by Gasteiger charge is 2.35. The molecule has 0 spiro atoms. The topological polar surface area (TPSA) is 132 Å². The summed E-state index contributed by atoms with van der Waals surface area (Å²) in [5.41, 5.74) is 7.90. The molecule has 10 nitrogen and oxygen atoms in total. The third-order valence-corrected chi connectivity index (χ3v) is 6.21. The molecule has 176 valence electrons. The van der Waals surface area contributed by atoms with Crippen LogP contribution in [0.4, 0.5) is 19.4 Å². The van der Waals surface area contributed by atoms with Crippen LogP contribution in [0.2, 0.25) is 0 Å². The zero-order valence-corrected chi connectivity index (χ0v) is 17.9. The number of carbonyl (C=O) groups is 1. The van der Waals surface area contributed by atoms with Gasteiger partial charge >= 0.3 is 6.09 Å². The van der Waals surface area contributed by atoms with Crippen molar-refractivity contribution in [2.75, 3.05) is 25.5 Å². The van der Waals surface area contributed by atoms with E-state index in [0.29, 0.717) is 37.3 Å². The summed E-state index contributed by atoms with van der Waals surface area (Å²) < 4.78 is 34.7. The van der Waals surface area contributed by atoms with Crippen LogP contribution >= 0.6 is 0 Å². The summed E-state index contributed by atoms with van der Waals surface area (Å²) in [4.78, 5) is 17.5. The molecule has 4 heterocycles. The number of nitrogen functional groups attached to an aromatic ring is 1. The Morgan fingerprint density at radius 3 is 2.91 bits per heavy atom. The lowest BCUT2D eigenvalue weighted by atomic mass is 9.89. The molecule has 3 aromatic rings. The number of amides is 1. The molecular weight excluding hydrogens is 448 g/mol. The van der Waals surface area contributed by atoms with Gasteiger partial charge in [-0.3, -0.25) is 0 Å². The van der Waals surface area contributed by atoms with Gasteiger partial charge in [-0.25, -0.2) is 18.6 Å². The SMILES string of the molecule is Nc1ncc(C2=CC(C3CCOC3)N(C(=O)O)CC2)cc1-c1nnnn1-c1cccc(F)c1F. The van der Waals surface area contributed by atoms with Crippen LogP contribution in [0.1, 0.15) is 18.4 Å². The number of ether oxygens (including phenoxy) is 1. The monoisotopic (exact) mass is 469 g/mol. The predicted octanol–water partition coefficient (Wildman–Crippen LogP) is 2.76. The second-order valence-corrected chi connectivity index (χ2v) is 8.18. The van der Waals surface area contributed by atoms with E-state index in [1.807, 2.05) is 6.08 Å². The number of hydrogen-bond acceptors (Lipinski definition) is 7. The second-order valence-electron chi connectivity index (χ2n) is 8.18. The summed E-state index contributed by atoms with van der Waals surface area (Å²) in [5.74, 6) is -1.85. The van der Waals surface area contributed by atoms with Gasteiger partial charge in [0.1, 0.15) is 11.5 Å².